The number of ether oxygens (including phenoxy) is 1. The number of nitrogens with zero attached hydrogens (tertiary/aromatic N) is 2. The predicted molar refractivity (Wildman–Crippen MR) is 74.0 cm³/mol. The molecule has 1 atom stereocenters. The molecule has 0 bridgehead atoms. The van der Waals surface area contributed by atoms with Crippen LogP contribution in [0.3, 0.4) is 0 Å². The zero-order valence-corrected chi connectivity index (χ0v) is 12.6. The minimum absolute atomic E-state index is 0.00911. The third kappa shape index (κ3) is 4.87. The topological polar surface area (TPSA) is 88.6 Å². The smallest absolute Gasteiger partial charge is 0.306 e. The van der Waals surface area contributed by atoms with Gasteiger partial charge in [-0.05, 0) is 18.6 Å². The third-order valence-electron chi connectivity index (χ3n) is 2.78. The molecule has 0 radical (unpaired) electrons. The molecule has 1 aromatic rings. The maximum absolute atomic E-state index is 12.1. The van der Waals surface area contributed by atoms with Gasteiger partial charge in [-0.1, -0.05) is 6.07 Å². The number of nitrogens with one attached hydrogen (secondary N) is 1. The van der Waals surface area contributed by atoms with Gasteiger partial charge in [0.25, 0.3) is 10.2 Å². The Morgan fingerprint density at radius 1 is 1.55 bits per heavy atom. The molecule has 0 aliphatic rings. The second kappa shape index (κ2) is 7.32. The maximum atomic E-state index is 12.1. The summed E-state index contributed by atoms with van der Waals surface area (Å²) in [5, 5.41) is 0. The highest BCUT2D eigenvalue weighted by atomic mass is 32.2. The Bertz CT molecular complexity index is 533. The number of pyridine rings is 1. The van der Waals surface area contributed by atoms with Crippen LogP contribution in [-0.2, 0) is 19.7 Å². The van der Waals surface area contributed by atoms with Gasteiger partial charge in [0.05, 0.1) is 13.5 Å². The second-order valence-electron chi connectivity index (χ2n) is 4.28. The number of carbonyl (C=O) groups excluding carboxylic acids is 1. The molecular formula is C12H19N3O4S. The maximum Gasteiger partial charge on any atom is 0.306 e. The van der Waals surface area contributed by atoms with Gasteiger partial charge in [-0.15, -0.1) is 0 Å². The molecule has 0 amide bonds. The van der Waals surface area contributed by atoms with E-state index in [-0.39, 0.29) is 13.0 Å². The summed E-state index contributed by atoms with van der Waals surface area (Å²) in [5.41, 5.74) is 0.762. The highest BCUT2D eigenvalue weighted by molar-refractivity contribution is 7.87. The summed E-state index contributed by atoms with van der Waals surface area (Å²) >= 11 is 0. The van der Waals surface area contributed by atoms with E-state index < -0.39 is 22.2 Å². The van der Waals surface area contributed by atoms with Crippen LogP contribution in [0.5, 0.6) is 0 Å². The van der Waals surface area contributed by atoms with Crippen molar-refractivity contribution in [2.45, 2.75) is 19.4 Å². The van der Waals surface area contributed by atoms with Crippen molar-refractivity contribution in [1.82, 2.24) is 14.0 Å². The van der Waals surface area contributed by atoms with Crippen molar-refractivity contribution in [3.8, 4) is 0 Å². The number of hydrogen-bond acceptors (Lipinski definition) is 5. The van der Waals surface area contributed by atoms with Gasteiger partial charge in [-0.2, -0.15) is 17.4 Å². The summed E-state index contributed by atoms with van der Waals surface area (Å²) < 4.78 is 32.2. The third-order valence-corrected chi connectivity index (χ3v) is 4.43. The average molecular weight is 301 g/mol. The second-order valence-corrected chi connectivity index (χ2v) is 6.09. The summed E-state index contributed by atoms with van der Waals surface area (Å²) in [4.78, 5) is 15.0. The van der Waals surface area contributed by atoms with Crippen LogP contribution >= 0.6 is 0 Å². The number of carbonyl (C=O) groups is 1. The van der Waals surface area contributed by atoms with Crippen LogP contribution in [-0.4, -0.2) is 44.4 Å². The van der Waals surface area contributed by atoms with Crippen molar-refractivity contribution >= 4 is 16.2 Å². The van der Waals surface area contributed by atoms with E-state index in [0.717, 1.165) is 9.87 Å². The van der Waals surface area contributed by atoms with E-state index in [1.807, 2.05) is 0 Å². The normalized spacial score (nSPS) is 13.2. The van der Waals surface area contributed by atoms with Gasteiger partial charge in [0.15, 0.2) is 0 Å². The van der Waals surface area contributed by atoms with Gasteiger partial charge >= 0.3 is 5.97 Å². The Labute approximate surface area is 119 Å². The van der Waals surface area contributed by atoms with Crippen molar-refractivity contribution in [3.63, 3.8) is 0 Å². The number of rotatable bonds is 7. The molecule has 0 aliphatic carbocycles. The lowest BCUT2D eigenvalue weighted by atomic mass is 10.2. The van der Waals surface area contributed by atoms with E-state index >= 15 is 0 Å². The van der Waals surface area contributed by atoms with Gasteiger partial charge in [-0.25, -0.2) is 0 Å². The van der Waals surface area contributed by atoms with E-state index in [1.54, 1.807) is 31.5 Å². The van der Waals surface area contributed by atoms with Crippen LogP contribution in [0.1, 0.15) is 24.9 Å². The fourth-order valence-corrected chi connectivity index (χ4v) is 2.58. The van der Waals surface area contributed by atoms with Gasteiger partial charge in [0.1, 0.15) is 0 Å². The largest absolute Gasteiger partial charge is 0.469 e. The van der Waals surface area contributed by atoms with Crippen molar-refractivity contribution in [1.29, 1.82) is 0 Å². The molecule has 0 saturated heterocycles. The molecule has 1 aromatic heterocycles. The molecule has 0 spiro atoms. The van der Waals surface area contributed by atoms with Crippen LogP contribution in [0.4, 0.5) is 0 Å². The van der Waals surface area contributed by atoms with Crippen molar-refractivity contribution in [2.75, 3.05) is 20.7 Å². The van der Waals surface area contributed by atoms with Gasteiger partial charge in [-0.3, -0.25) is 9.78 Å². The lowest BCUT2D eigenvalue weighted by molar-refractivity contribution is -0.140. The monoisotopic (exact) mass is 301 g/mol. The number of hydrogen-bond donors (Lipinski definition) is 1. The Hall–Kier alpha value is -1.51. The van der Waals surface area contributed by atoms with Crippen molar-refractivity contribution < 1.29 is 17.9 Å². The first kappa shape index (κ1) is 16.5. The van der Waals surface area contributed by atoms with Crippen molar-refractivity contribution in [2.24, 2.45) is 0 Å². The molecule has 0 aromatic carbocycles. The standard InChI is InChI=1S/C12H19N3O4S/c1-10(11-5-4-7-13-9-11)14-20(17,18)15(2)8-6-12(16)19-3/h4-5,7,9-10,14H,6,8H2,1-3H3/t10-/m0/s1. The SMILES string of the molecule is COC(=O)CCN(C)S(=O)(=O)N[C@@H](C)c1cccnc1. The van der Waals surface area contributed by atoms with Gasteiger partial charge in [0, 0.05) is 32.0 Å². The first-order valence-corrected chi connectivity index (χ1v) is 7.51. The molecule has 7 nitrogen and oxygen atoms in total. The summed E-state index contributed by atoms with van der Waals surface area (Å²) in [6.45, 7) is 1.78. The van der Waals surface area contributed by atoms with Crippen LogP contribution in [0, 0.1) is 0 Å². The molecule has 0 fully saturated rings. The Morgan fingerprint density at radius 3 is 2.80 bits per heavy atom. The zero-order valence-electron chi connectivity index (χ0n) is 11.7. The Balaban J connectivity index is 2.62. The van der Waals surface area contributed by atoms with Crippen molar-refractivity contribution in [3.05, 3.63) is 30.1 Å². The fraction of sp³-hybridized carbons (Fsp3) is 0.500. The average Bonchev–Trinajstić information content (AvgIpc) is 2.44. The lowest BCUT2D eigenvalue weighted by Crippen LogP contribution is -2.40. The Kier molecular flexibility index (Phi) is 6.05. The fourth-order valence-electron chi connectivity index (χ4n) is 1.48. The van der Waals surface area contributed by atoms with Gasteiger partial charge in [0.2, 0.25) is 0 Å². The van der Waals surface area contributed by atoms with Crippen LogP contribution in [0.15, 0.2) is 24.5 Å². The molecule has 1 N–H and O–H groups in total. The van der Waals surface area contributed by atoms with E-state index in [0.29, 0.717) is 0 Å². The molecule has 8 heteroatoms. The molecule has 20 heavy (non-hydrogen) atoms. The van der Waals surface area contributed by atoms with Crippen LogP contribution in [0.2, 0.25) is 0 Å². The first-order valence-electron chi connectivity index (χ1n) is 6.07. The Morgan fingerprint density at radius 2 is 2.25 bits per heavy atom. The predicted octanol–water partition coefficient (Wildman–Crippen LogP) is 0.472. The molecule has 0 saturated carbocycles. The minimum atomic E-state index is -3.66. The van der Waals surface area contributed by atoms with Crippen LogP contribution in [0.25, 0.3) is 0 Å². The summed E-state index contributed by atoms with van der Waals surface area (Å²) in [6, 6.07) is 3.12. The number of aromatic nitrogens is 1. The molecular weight excluding hydrogens is 282 g/mol. The van der Waals surface area contributed by atoms with E-state index in [9.17, 15) is 13.2 Å². The van der Waals surface area contributed by atoms with E-state index in [4.69, 9.17) is 0 Å². The first-order chi connectivity index (χ1) is 9.36. The number of methoxy groups -OCH3 is 1. The highest BCUT2D eigenvalue weighted by Crippen LogP contribution is 2.12. The summed E-state index contributed by atoms with van der Waals surface area (Å²) in [7, 11) is -0.996. The molecule has 0 unspecified atom stereocenters. The van der Waals surface area contributed by atoms with Gasteiger partial charge < -0.3 is 4.74 Å². The molecule has 0 aliphatic heterocycles. The molecule has 1 rings (SSSR count). The minimum Gasteiger partial charge on any atom is -0.469 e. The highest BCUT2D eigenvalue weighted by Gasteiger charge is 2.21. The zero-order chi connectivity index (χ0) is 15.2. The lowest BCUT2D eigenvalue weighted by Gasteiger charge is -2.20. The van der Waals surface area contributed by atoms with Crippen LogP contribution < -0.4 is 4.72 Å². The summed E-state index contributed by atoms with van der Waals surface area (Å²) in [6.07, 6.45) is 3.23. The molecule has 1 heterocycles. The van der Waals surface area contributed by atoms with E-state index in [2.05, 4.69) is 14.4 Å². The van der Waals surface area contributed by atoms with E-state index in [1.165, 1.54) is 14.2 Å². The molecule has 112 valence electrons. The summed E-state index contributed by atoms with van der Waals surface area (Å²) in [5.74, 6) is -0.452. The quantitative estimate of drug-likeness (QED) is 0.740. The number of esters is 1.